The van der Waals surface area contributed by atoms with Gasteiger partial charge in [0.1, 0.15) is 0 Å². The van der Waals surface area contributed by atoms with Crippen LogP contribution in [0.25, 0.3) is 0 Å². The van der Waals surface area contributed by atoms with Gasteiger partial charge < -0.3 is 0 Å². The molecule has 0 heterocycles. The summed E-state index contributed by atoms with van der Waals surface area (Å²) < 4.78 is 7.50. The number of aliphatic imine (C=N–C) groups is 1. The Hall–Kier alpha value is -1.21. The molecule has 0 saturated carbocycles. The van der Waals surface area contributed by atoms with Gasteiger partial charge in [-0.05, 0) is 0 Å². The first-order valence-electron chi connectivity index (χ1n) is 4.51. The van der Waals surface area contributed by atoms with Crippen molar-refractivity contribution in [3.63, 3.8) is 0 Å². The molecule has 0 radical (unpaired) electrons. The molecule has 0 aliphatic rings. The van der Waals surface area contributed by atoms with E-state index in [1.165, 1.54) is 0 Å². The predicted molar refractivity (Wildman–Crippen MR) is 58.9 cm³/mol. The number of benzene rings is 1. The number of hydrogen-bond acceptors (Lipinski definition) is 3. The van der Waals surface area contributed by atoms with E-state index in [4.69, 9.17) is 4.74 Å². The molecule has 0 saturated heterocycles. The van der Waals surface area contributed by atoms with E-state index in [1.54, 1.807) is 6.92 Å². The SMILES string of the molecule is C[C@H](N=C=[Se])C(=O)OCc1ccccc1. The topological polar surface area (TPSA) is 38.7 Å². The summed E-state index contributed by atoms with van der Waals surface area (Å²) in [6.07, 6.45) is 0. The molecule has 0 N–H and O–H groups in total. The van der Waals surface area contributed by atoms with E-state index in [-0.39, 0.29) is 12.6 Å². The van der Waals surface area contributed by atoms with Crippen molar-refractivity contribution in [1.82, 2.24) is 0 Å². The zero-order valence-corrected chi connectivity index (χ0v) is 10.1. The first-order valence-corrected chi connectivity index (χ1v) is 5.37. The van der Waals surface area contributed by atoms with E-state index in [0.717, 1.165) is 5.56 Å². The van der Waals surface area contributed by atoms with Crippen LogP contribution in [0.15, 0.2) is 35.3 Å². The van der Waals surface area contributed by atoms with Crippen molar-refractivity contribution in [3.05, 3.63) is 35.9 Å². The summed E-state index contributed by atoms with van der Waals surface area (Å²) in [5, 5.41) is 0. The second-order valence-corrected chi connectivity index (χ2v) is 3.37. The number of esters is 1. The summed E-state index contributed by atoms with van der Waals surface area (Å²) in [5.41, 5.74) is 0.967. The average Bonchev–Trinajstić information content (AvgIpc) is 2.27. The molecule has 78 valence electrons. The van der Waals surface area contributed by atoms with E-state index in [1.807, 2.05) is 30.3 Å². The van der Waals surface area contributed by atoms with Gasteiger partial charge in [-0.15, -0.1) is 0 Å². The molecule has 1 aromatic carbocycles. The Kier molecular flexibility index (Phi) is 4.99. The molecule has 3 nitrogen and oxygen atoms in total. The molecule has 15 heavy (non-hydrogen) atoms. The van der Waals surface area contributed by atoms with Crippen molar-refractivity contribution in [3.8, 4) is 0 Å². The van der Waals surface area contributed by atoms with Gasteiger partial charge in [0.05, 0.1) is 0 Å². The maximum absolute atomic E-state index is 11.3. The van der Waals surface area contributed by atoms with Gasteiger partial charge in [-0.1, -0.05) is 0 Å². The zero-order chi connectivity index (χ0) is 11.1. The standard InChI is InChI=1S/C11H11NO2Se/c1-9(12-8-15)11(13)14-7-10-5-3-2-4-6-10/h2-6,9H,7H2,1H3/t9-/m0/s1. The van der Waals surface area contributed by atoms with Crippen molar-refractivity contribution in [2.24, 2.45) is 4.99 Å². The Labute approximate surface area is 96.5 Å². The molecule has 0 amide bonds. The van der Waals surface area contributed by atoms with Crippen LogP contribution in [0.1, 0.15) is 12.5 Å². The van der Waals surface area contributed by atoms with Crippen molar-refractivity contribution in [1.29, 1.82) is 0 Å². The minimum atomic E-state index is -0.505. The molecule has 1 atom stereocenters. The molecule has 0 spiro atoms. The van der Waals surface area contributed by atoms with Crippen LogP contribution in [0.4, 0.5) is 0 Å². The summed E-state index contributed by atoms with van der Waals surface area (Å²) in [6, 6.07) is 9.02. The maximum atomic E-state index is 11.3. The molecule has 0 aliphatic carbocycles. The normalized spacial score (nSPS) is 11.3. The van der Waals surface area contributed by atoms with Crippen LogP contribution in [0, 0.1) is 0 Å². The van der Waals surface area contributed by atoms with Gasteiger partial charge in [-0.25, -0.2) is 0 Å². The van der Waals surface area contributed by atoms with Gasteiger partial charge >= 0.3 is 96.3 Å². The van der Waals surface area contributed by atoms with Crippen molar-refractivity contribution < 1.29 is 9.53 Å². The van der Waals surface area contributed by atoms with Gasteiger partial charge in [0, 0.05) is 0 Å². The first kappa shape index (κ1) is 11.9. The van der Waals surface area contributed by atoms with Crippen LogP contribution in [-0.4, -0.2) is 32.3 Å². The third-order valence-electron chi connectivity index (χ3n) is 1.81. The summed E-state index contributed by atoms with van der Waals surface area (Å²) in [7, 11) is 0. The van der Waals surface area contributed by atoms with Crippen molar-refractivity contribution in [2.45, 2.75) is 19.6 Å². The van der Waals surface area contributed by atoms with Gasteiger partial charge in [-0.2, -0.15) is 0 Å². The number of carbonyl (C=O) groups is 1. The monoisotopic (exact) mass is 269 g/mol. The first-order chi connectivity index (χ1) is 7.24. The molecule has 4 heteroatoms. The van der Waals surface area contributed by atoms with E-state index in [0.29, 0.717) is 0 Å². The third kappa shape index (κ3) is 4.22. The van der Waals surface area contributed by atoms with Gasteiger partial charge in [0.15, 0.2) is 0 Å². The van der Waals surface area contributed by atoms with E-state index in [9.17, 15) is 4.79 Å². The number of hydrogen-bond donors (Lipinski definition) is 0. The van der Waals surface area contributed by atoms with Gasteiger partial charge in [-0.3, -0.25) is 0 Å². The van der Waals surface area contributed by atoms with Crippen LogP contribution < -0.4 is 0 Å². The van der Waals surface area contributed by atoms with E-state index in [2.05, 4.69) is 25.3 Å². The molecular weight excluding hydrogens is 257 g/mol. The Bertz CT molecular complexity index is 371. The zero-order valence-electron chi connectivity index (χ0n) is 8.34. The van der Waals surface area contributed by atoms with Crippen LogP contribution in [0.3, 0.4) is 0 Å². The average molecular weight is 268 g/mol. The summed E-state index contributed by atoms with van der Waals surface area (Å²) in [6.45, 7) is 1.95. The third-order valence-corrected chi connectivity index (χ3v) is 2.03. The fourth-order valence-electron chi connectivity index (χ4n) is 0.981. The molecule has 1 aromatic rings. The quantitative estimate of drug-likeness (QED) is 0.467. The summed E-state index contributed by atoms with van der Waals surface area (Å²) in [4.78, 5) is 15.1. The van der Waals surface area contributed by atoms with Crippen molar-refractivity contribution in [2.75, 3.05) is 0 Å². The molecule has 0 bridgehead atoms. The molecule has 0 fully saturated rings. The second-order valence-electron chi connectivity index (χ2n) is 2.99. The van der Waals surface area contributed by atoms with Gasteiger partial charge in [0.25, 0.3) is 0 Å². The van der Waals surface area contributed by atoms with Gasteiger partial charge in [0.2, 0.25) is 0 Å². The van der Waals surface area contributed by atoms with E-state index >= 15 is 0 Å². The Morgan fingerprint density at radius 1 is 1.53 bits per heavy atom. The fraction of sp³-hybridized carbons (Fsp3) is 0.273. The fourth-order valence-corrected chi connectivity index (χ4v) is 1.31. The minimum absolute atomic E-state index is 0.285. The summed E-state index contributed by atoms with van der Waals surface area (Å²) >= 11 is 2.48. The molecular formula is C11H11NO2Se. The number of ether oxygens (including phenoxy) is 1. The Morgan fingerprint density at radius 3 is 2.80 bits per heavy atom. The van der Waals surface area contributed by atoms with Crippen LogP contribution in [0.2, 0.25) is 0 Å². The van der Waals surface area contributed by atoms with E-state index < -0.39 is 6.04 Å². The van der Waals surface area contributed by atoms with Crippen molar-refractivity contribution >= 4 is 26.3 Å². The van der Waals surface area contributed by atoms with Crippen LogP contribution in [0.5, 0.6) is 0 Å². The molecule has 0 aliphatic heterocycles. The number of rotatable bonds is 4. The van der Waals surface area contributed by atoms with Crippen LogP contribution in [-0.2, 0) is 16.1 Å². The summed E-state index contributed by atoms with van der Waals surface area (Å²) in [5.74, 6) is -0.346. The number of carbonyl (C=O) groups excluding carboxylic acids is 1. The second kappa shape index (κ2) is 6.31. The number of nitrogens with zero attached hydrogens (tertiary/aromatic N) is 1. The molecule has 0 aromatic heterocycles. The Balaban J connectivity index is 2.44. The predicted octanol–water partition coefficient (Wildman–Crippen LogP) is 1.19. The molecule has 0 unspecified atom stereocenters. The van der Waals surface area contributed by atoms with Crippen LogP contribution >= 0.6 is 0 Å². The molecule has 1 rings (SSSR count). The Morgan fingerprint density at radius 2 is 2.20 bits per heavy atom.